The second-order valence-electron chi connectivity index (χ2n) is 4.46. The maximum atomic E-state index is 6.14. The smallest absolute Gasteiger partial charge is 0.224 e. The van der Waals surface area contributed by atoms with Gasteiger partial charge < -0.3 is 10.1 Å². The lowest BCUT2D eigenvalue weighted by Crippen LogP contribution is -2.04. The molecule has 6 heteroatoms. The molecule has 0 unspecified atom stereocenters. The number of nitrogens with zero attached hydrogens (tertiary/aromatic N) is 2. The molecule has 0 saturated heterocycles. The highest BCUT2D eigenvalue weighted by molar-refractivity contribution is 9.10. The lowest BCUT2D eigenvalue weighted by Gasteiger charge is -2.11. The normalized spacial score (nSPS) is 10.5. The fourth-order valence-electron chi connectivity index (χ4n) is 1.80. The summed E-state index contributed by atoms with van der Waals surface area (Å²) in [5, 5.41) is 3.73. The second-order valence-corrected chi connectivity index (χ2v) is 5.79. The Labute approximate surface area is 138 Å². The molecule has 0 aliphatic rings. The van der Waals surface area contributed by atoms with Crippen molar-refractivity contribution in [1.29, 1.82) is 0 Å². The minimum Gasteiger partial charge on any atom is -0.437 e. The molecule has 0 radical (unpaired) electrons. The van der Waals surface area contributed by atoms with Crippen molar-refractivity contribution >= 4 is 33.3 Å². The molecule has 0 fully saturated rings. The number of aromatic nitrogens is 2. The number of ether oxygens (including phenoxy) is 1. The van der Waals surface area contributed by atoms with Gasteiger partial charge in [-0.25, -0.2) is 4.98 Å². The van der Waals surface area contributed by atoms with Gasteiger partial charge in [0.2, 0.25) is 5.88 Å². The lowest BCUT2D eigenvalue weighted by atomic mass is 10.3. The van der Waals surface area contributed by atoms with Crippen LogP contribution in [0.5, 0.6) is 11.6 Å². The summed E-state index contributed by atoms with van der Waals surface area (Å²) in [7, 11) is 0. The Hall–Kier alpha value is -1.33. The number of halogens is 2. The minimum absolute atomic E-state index is 0.490. The molecule has 0 aliphatic carbocycles. The van der Waals surface area contributed by atoms with Crippen LogP contribution < -0.4 is 10.1 Å². The van der Waals surface area contributed by atoms with Gasteiger partial charge in [0.05, 0.1) is 5.02 Å². The SMILES string of the molecule is CCCc1nc(NCC)cc(Oc2cc(Br)ccc2Cl)n1. The molecule has 1 aromatic carbocycles. The van der Waals surface area contributed by atoms with Crippen LogP contribution in [0.3, 0.4) is 0 Å². The van der Waals surface area contributed by atoms with Crippen molar-refractivity contribution in [2.24, 2.45) is 0 Å². The van der Waals surface area contributed by atoms with Gasteiger partial charge in [-0.05, 0) is 31.5 Å². The Morgan fingerprint density at radius 2 is 2.05 bits per heavy atom. The molecule has 1 heterocycles. The van der Waals surface area contributed by atoms with E-state index in [1.807, 2.05) is 19.1 Å². The summed E-state index contributed by atoms with van der Waals surface area (Å²) in [5.74, 6) is 2.58. The fourth-order valence-corrected chi connectivity index (χ4v) is 2.30. The van der Waals surface area contributed by atoms with Crippen LogP contribution in [0.4, 0.5) is 5.82 Å². The topological polar surface area (TPSA) is 47.0 Å². The standard InChI is InChI=1S/C15H17BrClN3O/c1-3-5-13-19-14(18-4-2)9-15(20-13)21-12-8-10(16)6-7-11(12)17/h6-9H,3-5H2,1-2H3,(H,18,19,20). The number of rotatable bonds is 6. The van der Waals surface area contributed by atoms with Gasteiger partial charge in [0.25, 0.3) is 0 Å². The quantitative estimate of drug-likeness (QED) is 0.771. The molecule has 2 aromatic rings. The van der Waals surface area contributed by atoms with E-state index in [-0.39, 0.29) is 0 Å². The molecule has 1 N–H and O–H groups in total. The van der Waals surface area contributed by atoms with Gasteiger partial charge in [0.15, 0.2) is 0 Å². The first-order chi connectivity index (χ1) is 10.1. The molecule has 0 bridgehead atoms. The van der Waals surface area contributed by atoms with Crippen LogP contribution in [0.15, 0.2) is 28.7 Å². The van der Waals surface area contributed by atoms with Gasteiger partial charge in [-0.1, -0.05) is 34.5 Å². The third kappa shape index (κ3) is 4.58. The van der Waals surface area contributed by atoms with E-state index in [4.69, 9.17) is 16.3 Å². The molecule has 0 saturated carbocycles. The van der Waals surface area contributed by atoms with Crippen molar-refractivity contribution < 1.29 is 4.74 Å². The van der Waals surface area contributed by atoms with Crippen molar-refractivity contribution in [2.45, 2.75) is 26.7 Å². The average molecular weight is 371 g/mol. The van der Waals surface area contributed by atoms with Crippen LogP contribution in [0.25, 0.3) is 0 Å². The Bertz CT molecular complexity index is 598. The average Bonchev–Trinajstić information content (AvgIpc) is 2.43. The first-order valence-corrected chi connectivity index (χ1v) is 8.04. The van der Waals surface area contributed by atoms with E-state index in [1.54, 1.807) is 12.1 Å². The number of benzene rings is 1. The number of hydrogen-bond donors (Lipinski definition) is 1. The molecular formula is C15H17BrClN3O. The number of anilines is 1. The summed E-state index contributed by atoms with van der Waals surface area (Å²) in [6.45, 7) is 4.90. The number of hydrogen-bond acceptors (Lipinski definition) is 4. The molecular weight excluding hydrogens is 354 g/mol. The minimum atomic E-state index is 0.490. The third-order valence-electron chi connectivity index (χ3n) is 2.69. The van der Waals surface area contributed by atoms with Crippen molar-refractivity contribution in [3.8, 4) is 11.6 Å². The highest BCUT2D eigenvalue weighted by Crippen LogP contribution is 2.31. The summed E-state index contributed by atoms with van der Waals surface area (Å²) in [5.41, 5.74) is 0. The number of nitrogens with one attached hydrogen (secondary N) is 1. The van der Waals surface area contributed by atoms with E-state index in [2.05, 4.69) is 38.1 Å². The van der Waals surface area contributed by atoms with E-state index in [1.165, 1.54) is 0 Å². The summed E-state index contributed by atoms with van der Waals surface area (Å²) in [4.78, 5) is 8.87. The lowest BCUT2D eigenvalue weighted by molar-refractivity contribution is 0.458. The zero-order chi connectivity index (χ0) is 15.2. The molecule has 4 nitrogen and oxygen atoms in total. The second kappa shape index (κ2) is 7.61. The van der Waals surface area contributed by atoms with E-state index >= 15 is 0 Å². The van der Waals surface area contributed by atoms with Gasteiger partial charge in [-0.15, -0.1) is 0 Å². The molecule has 112 valence electrons. The Morgan fingerprint density at radius 3 is 2.76 bits per heavy atom. The van der Waals surface area contributed by atoms with Crippen molar-refractivity contribution in [2.75, 3.05) is 11.9 Å². The highest BCUT2D eigenvalue weighted by atomic mass is 79.9. The van der Waals surface area contributed by atoms with Crippen molar-refractivity contribution in [1.82, 2.24) is 9.97 Å². The maximum Gasteiger partial charge on any atom is 0.224 e. The van der Waals surface area contributed by atoms with E-state index in [9.17, 15) is 0 Å². The Balaban J connectivity index is 2.31. The molecule has 0 aliphatic heterocycles. The van der Waals surface area contributed by atoms with Crippen LogP contribution in [0.2, 0.25) is 5.02 Å². The fraction of sp³-hybridized carbons (Fsp3) is 0.333. The van der Waals surface area contributed by atoms with Crippen molar-refractivity contribution in [3.05, 3.63) is 39.6 Å². The van der Waals surface area contributed by atoms with E-state index in [0.29, 0.717) is 16.7 Å². The summed E-state index contributed by atoms with van der Waals surface area (Å²) < 4.78 is 6.71. The summed E-state index contributed by atoms with van der Waals surface area (Å²) in [6, 6.07) is 7.23. The van der Waals surface area contributed by atoms with Gasteiger partial charge in [-0.2, -0.15) is 4.98 Å². The highest BCUT2D eigenvalue weighted by Gasteiger charge is 2.09. The zero-order valence-electron chi connectivity index (χ0n) is 12.0. The van der Waals surface area contributed by atoms with Crippen molar-refractivity contribution in [3.63, 3.8) is 0 Å². The number of aryl methyl sites for hydroxylation is 1. The zero-order valence-corrected chi connectivity index (χ0v) is 14.3. The van der Waals surface area contributed by atoms with Gasteiger partial charge >= 0.3 is 0 Å². The van der Waals surface area contributed by atoms with Crippen LogP contribution in [0.1, 0.15) is 26.1 Å². The van der Waals surface area contributed by atoms with E-state index in [0.717, 1.165) is 35.5 Å². The van der Waals surface area contributed by atoms with Crippen LogP contribution in [-0.4, -0.2) is 16.5 Å². The molecule has 21 heavy (non-hydrogen) atoms. The van der Waals surface area contributed by atoms with Crippen LogP contribution in [0, 0.1) is 0 Å². The Kier molecular flexibility index (Phi) is 5.82. The summed E-state index contributed by atoms with van der Waals surface area (Å²) in [6.07, 6.45) is 1.79. The first-order valence-electron chi connectivity index (χ1n) is 6.87. The first kappa shape index (κ1) is 16.0. The molecule has 1 aromatic heterocycles. The molecule has 0 atom stereocenters. The third-order valence-corrected chi connectivity index (χ3v) is 3.49. The molecule has 2 rings (SSSR count). The van der Waals surface area contributed by atoms with Crippen LogP contribution >= 0.6 is 27.5 Å². The molecule has 0 amide bonds. The maximum absolute atomic E-state index is 6.14. The van der Waals surface area contributed by atoms with Gasteiger partial charge in [-0.3, -0.25) is 0 Å². The predicted octanol–water partition coefficient (Wildman–Crippen LogP) is 5.07. The molecule has 0 spiro atoms. The summed E-state index contributed by atoms with van der Waals surface area (Å²) >= 11 is 9.55. The predicted molar refractivity (Wildman–Crippen MR) is 89.4 cm³/mol. The monoisotopic (exact) mass is 369 g/mol. The van der Waals surface area contributed by atoms with Gasteiger partial charge in [0, 0.05) is 23.5 Å². The van der Waals surface area contributed by atoms with Crippen LogP contribution in [-0.2, 0) is 6.42 Å². The van der Waals surface area contributed by atoms with Gasteiger partial charge in [0.1, 0.15) is 17.4 Å². The largest absolute Gasteiger partial charge is 0.437 e. The van der Waals surface area contributed by atoms with E-state index < -0.39 is 0 Å². The Morgan fingerprint density at radius 1 is 1.24 bits per heavy atom.